The van der Waals surface area contributed by atoms with Gasteiger partial charge < -0.3 is 10.5 Å². The summed E-state index contributed by atoms with van der Waals surface area (Å²) in [7, 11) is 0. The lowest BCUT2D eigenvalue weighted by Crippen LogP contribution is -2.71. The summed E-state index contributed by atoms with van der Waals surface area (Å²) in [4.78, 5) is 3.72. The summed E-state index contributed by atoms with van der Waals surface area (Å²) < 4.78 is 59.0. The Kier molecular flexibility index (Phi) is 6.56. The summed E-state index contributed by atoms with van der Waals surface area (Å²) in [5, 5.41) is 28.1. The first-order chi connectivity index (χ1) is 14.8. The number of hydrogen-bond acceptors (Lipinski definition) is 5. The molecule has 162 valence electrons. The fraction of sp³-hybridized carbons (Fsp3) is 0.200. The molecule has 31 heavy (non-hydrogen) atoms. The van der Waals surface area contributed by atoms with Crippen molar-refractivity contribution in [2.45, 2.75) is 24.4 Å². The highest BCUT2D eigenvalue weighted by atomic mass is 19.3. The molecule has 0 fully saturated rings. The summed E-state index contributed by atoms with van der Waals surface area (Å²) in [5.74, 6) is -6.27. The number of rotatable bonds is 9. The SMILES string of the molecule is N=CC=N[NH2+]c1ccc(C(F)(F)C(O)(CCc2ccn[nH]2)c2ccc(F)cc2F)nc1. The predicted molar refractivity (Wildman–Crippen MR) is 104 cm³/mol. The number of H-pyrrole nitrogens is 1. The van der Waals surface area contributed by atoms with Gasteiger partial charge in [0.2, 0.25) is 0 Å². The molecule has 0 saturated carbocycles. The van der Waals surface area contributed by atoms with Crippen LogP contribution < -0.4 is 5.43 Å². The van der Waals surface area contributed by atoms with Crippen molar-refractivity contribution in [1.82, 2.24) is 15.2 Å². The summed E-state index contributed by atoms with van der Waals surface area (Å²) in [6.07, 6.45) is 4.00. The highest BCUT2D eigenvalue weighted by Gasteiger charge is 2.56. The van der Waals surface area contributed by atoms with Gasteiger partial charge >= 0.3 is 5.92 Å². The van der Waals surface area contributed by atoms with Crippen molar-refractivity contribution in [3.05, 3.63) is 77.4 Å². The fourth-order valence-electron chi connectivity index (χ4n) is 3.08. The van der Waals surface area contributed by atoms with E-state index in [0.717, 1.165) is 30.6 Å². The highest BCUT2D eigenvalue weighted by molar-refractivity contribution is 6.14. The van der Waals surface area contributed by atoms with Gasteiger partial charge in [0.15, 0.2) is 11.3 Å². The zero-order valence-corrected chi connectivity index (χ0v) is 16.1. The average Bonchev–Trinajstić information content (AvgIpc) is 3.26. The second kappa shape index (κ2) is 9.14. The molecule has 0 aliphatic carbocycles. The third-order valence-corrected chi connectivity index (χ3v) is 4.70. The van der Waals surface area contributed by atoms with Crippen LogP contribution in [0.2, 0.25) is 0 Å². The number of pyridine rings is 1. The van der Waals surface area contributed by atoms with Crippen LogP contribution in [-0.2, 0) is 17.9 Å². The lowest BCUT2D eigenvalue weighted by Gasteiger charge is -2.36. The van der Waals surface area contributed by atoms with Gasteiger partial charge in [0.1, 0.15) is 23.5 Å². The molecule has 0 aliphatic rings. The Labute approximate surface area is 174 Å². The van der Waals surface area contributed by atoms with Gasteiger partial charge in [-0.25, -0.2) is 13.8 Å². The van der Waals surface area contributed by atoms with Crippen molar-refractivity contribution in [2.24, 2.45) is 5.10 Å². The van der Waals surface area contributed by atoms with Crippen molar-refractivity contribution in [2.75, 3.05) is 0 Å². The minimum absolute atomic E-state index is 0.0763. The van der Waals surface area contributed by atoms with E-state index >= 15 is 8.78 Å². The molecule has 0 saturated heterocycles. The van der Waals surface area contributed by atoms with Gasteiger partial charge in [-0.1, -0.05) is 11.2 Å². The molecule has 1 aromatic carbocycles. The minimum Gasteiger partial charge on any atom is -0.378 e. The second-order valence-electron chi connectivity index (χ2n) is 6.71. The van der Waals surface area contributed by atoms with Gasteiger partial charge in [-0.3, -0.25) is 5.10 Å². The molecule has 0 bridgehead atoms. The number of alkyl halides is 2. The van der Waals surface area contributed by atoms with Gasteiger partial charge in [-0.15, -0.1) is 0 Å². The molecule has 7 nitrogen and oxygen atoms in total. The van der Waals surface area contributed by atoms with E-state index in [1.165, 1.54) is 30.0 Å². The Hall–Kier alpha value is -3.44. The number of aromatic nitrogens is 3. The normalized spacial score (nSPS) is 14.0. The van der Waals surface area contributed by atoms with Crippen LogP contribution in [0, 0.1) is 17.0 Å². The first-order valence-electron chi connectivity index (χ1n) is 9.14. The van der Waals surface area contributed by atoms with Crippen LogP contribution in [0.15, 0.2) is 53.9 Å². The van der Waals surface area contributed by atoms with E-state index in [0.29, 0.717) is 17.4 Å². The van der Waals surface area contributed by atoms with Crippen LogP contribution in [0.25, 0.3) is 0 Å². The number of benzene rings is 1. The smallest absolute Gasteiger partial charge is 0.321 e. The Morgan fingerprint density at radius 1 is 1.19 bits per heavy atom. The van der Waals surface area contributed by atoms with Crippen molar-refractivity contribution >= 4 is 18.1 Å². The van der Waals surface area contributed by atoms with Crippen molar-refractivity contribution < 1.29 is 28.1 Å². The number of quaternary nitrogens is 1. The number of halogens is 4. The standard InChI is InChI=1S/C20H18F4N6O/c21-13-1-3-16(17(22)11-13)19(31,7-5-14-6-9-27-29-14)20(23,24)18-4-2-15(12-26-18)30-28-10-8-25/h1-4,6,8-12,25,30-31H,5,7H2,(H,27,29)/p+1. The molecule has 0 spiro atoms. The van der Waals surface area contributed by atoms with E-state index in [1.54, 1.807) is 0 Å². The van der Waals surface area contributed by atoms with Crippen LogP contribution in [0.4, 0.5) is 23.2 Å². The zero-order chi connectivity index (χ0) is 22.5. The molecule has 1 unspecified atom stereocenters. The molecular weight excluding hydrogens is 416 g/mol. The summed E-state index contributed by atoms with van der Waals surface area (Å²) in [6, 6.07) is 5.89. The van der Waals surface area contributed by atoms with E-state index in [4.69, 9.17) is 5.41 Å². The lowest BCUT2D eigenvalue weighted by atomic mass is 9.80. The number of nitrogens with zero attached hydrogens (tertiary/aromatic N) is 3. The van der Waals surface area contributed by atoms with Crippen LogP contribution in [0.3, 0.4) is 0 Å². The molecule has 0 amide bonds. The van der Waals surface area contributed by atoms with Crippen LogP contribution in [-0.4, -0.2) is 32.7 Å². The first kappa shape index (κ1) is 22.2. The quantitative estimate of drug-likeness (QED) is 0.179. The molecular formula is C20H19F4N6O+. The monoisotopic (exact) mass is 435 g/mol. The molecule has 3 aromatic rings. The van der Waals surface area contributed by atoms with Crippen LogP contribution in [0.1, 0.15) is 23.4 Å². The maximum Gasteiger partial charge on any atom is 0.321 e. The third kappa shape index (κ3) is 4.67. The molecule has 2 heterocycles. The van der Waals surface area contributed by atoms with E-state index in [-0.39, 0.29) is 6.42 Å². The largest absolute Gasteiger partial charge is 0.378 e. The number of aryl methyl sites for hydroxylation is 1. The maximum atomic E-state index is 15.6. The molecule has 0 aliphatic heterocycles. The Morgan fingerprint density at radius 2 is 2.00 bits per heavy atom. The molecule has 11 heteroatoms. The van der Waals surface area contributed by atoms with Crippen molar-refractivity contribution in [3.8, 4) is 0 Å². The van der Waals surface area contributed by atoms with Gasteiger partial charge in [0.05, 0.1) is 6.20 Å². The third-order valence-electron chi connectivity index (χ3n) is 4.70. The highest BCUT2D eigenvalue weighted by Crippen LogP contribution is 2.48. The molecule has 1 atom stereocenters. The van der Waals surface area contributed by atoms with Crippen molar-refractivity contribution in [1.29, 1.82) is 5.41 Å². The second-order valence-corrected chi connectivity index (χ2v) is 6.71. The van der Waals surface area contributed by atoms with E-state index in [9.17, 15) is 13.9 Å². The average molecular weight is 435 g/mol. The first-order valence-corrected chi connectivity index (χ1v) is 9.14. The van der Waals surface area contributed by atoms with Gasteiger partial charge in [-0.05, 0) is 31.0 Å². The predicted octanol–water partition coefficient (Wildman–Crippen LogP) is 2.53. The number of aliphatic hydroxyl groups is 1. The summed E-state index contributed by atoms with van der Waals surface area (Å²) in [6.45, 7) is 0. The Bertz CT molecular complexity index is 1060. The topological polar surface area (TPSA) is 115 Å². The lowest BCUT2D eigenvalue weighted by molar-refractivity contribution is -0.577. The number of hydrogen-bond donors (Lipinski definition) is 4. The van der Waals surface area contributed by atoms with Crippen molar-refractivity contribution in [3.63, 3.8) is 0 Å². The van der Waals surface area contributed by atoms with Gasteiger partial charge in [0, 0.05) is 35.8 Å². The molecule has 2 aromatic heterocycles. The maximum absolute atomic E-state index is 15.6. The van der Waals surface area contributed by atoms with E-state index in [2.05, 4.69) is 20.3 Å². The van der Waals surface area contributed by atoms with E-state index in [1.807, 2.05) is 0 Å². The molecule has 5 N–H and O–H groups in total. The van der Waals surface area contributed by atoms with Crippen LogP contribution in [0.5, 0.6) is 0 Å². The molecule has 0 radical (unpaired) electrons. The fourth-order valence-corrected chi connectivity index (χ4v) is 3.08. The van der Waals surface area contributed by atoms with E-state index < -0.39 is 40.8 Å². The number of aromatic amines is 1. The molecule has 3 rings (SSSR count). The van der Waals surface area contributed by atoms with Crippen LogP contribution >= 0.6 is 0 Å². The Morgan fingerprint density at radius 3 is 2.61 bits per heavy atom. The summed E-state index contributed by atoms with van der Waals surface area (Å²) in [5.41, 5.74) is -2.41. The van der Waals surface area contributed by atoms with Gasteiger partial charge in [0.25, 0.3) is 0 Å². The zero-order valence-electron chi connectivity index (χ0n) is 16.1. The Balaban J connectivity index is 2.00. The number of nitrogens with two attached hydrogens (primary N) is 1. The number of nitrogens with one attached hydrogen (secondary N) is 2. The minimum atomic E-state index is -4.03. The van der Waals surface area contributed by atoms with Gasteiger partial charge in [-0.2, -0.15) is 19.3 Å². The summed E-state index contributed by atoms with van der Waals surface area (Å²) >= 11 is 0.